The lowest BCUT2D eigenvalue weighted by atomic mass is 10.1. The summed E-state index contributed by atoms with van der Waals surface area (Å²) in [6.07, 6.45) is 1.71. The first-order valence-electron chi connectivity index (χ1n) is 11.4. The number of hydrogen-bond donors (Lipinski definition) is 1. The van der Waals surface area contributed by atoms with Crippen LogP contribution in [0.4, 0.5) is 5.69 Å². The van der Waals surface area contributed by atoms with Gasteiger partial charge in [0.15, 0.2) is 0 Å². The number of carbonyl (C=O) groups excluding carboxylic acids is 2. The Labute approximate surface area is 218 Å². The highest BCUT2D eigenvalue weighted by Gasteiger charge is 2.31. The number of nitrogens with zero attached hydrogens (tertiary/aromatic N) is 2. The summed E-state index contributed by atoms with van der Waals surface area (Å²) in [6, 6.07) is 10.6. The number of methoxy groups -OCH3 is 2. The summed E-state index contributed by atoms with van der Waals surface area (Å²) >= 11 is 6.12. The van der Waals surface area contributed by atoms with Crippen LogP contribution in [0.5, 0.6) is 11.5 Å². The fourth-order valence-corrected chi connectivity index (χ4v) is 4.48. The molecule has 0 aromatic heterocycles. The summed E-state index contributed by atoms with van der Waals surface area (Å²) in [7, 11) is -0.993. The van der Waals surface area contributed by atoms with Gasteiger partial charge in [0.2, 0.25) is 21.8 Å². The van der Waals surface area contributed by atoms with Crippen molar-refractivity contribution in [2.45, 2.75) is 45.8 Å². The average Bonchev–Trinajstić information content (AvgIpc) is 2.84. The fourth-order valence-electron chi connectivity index (χ4n) is 3.47. The topological polar surface area (TPSA) is 105 Å². The lowest BCUT2D eigenvalue weighted by Crippen LogP contribution is -2.52. The number of carbonyl (C=O) groups is 2. The van der Waals surface area contributed by atoms with E-state index in [1.54, 1.807) is 37.3 Å². The molecule has 0 unspecified atom stereocenters. The third kappa shape index (κ3) is 7.76. The first kappa shape index (κ1) is 29.3. The van der Waals surface area contributed by atoms with E-state index in [4.69, 9.17) is 21.1 Å². The molecule has 2 atom stereocenters. The number of sulfonamides is 1. The van der Waals surface area contributed by atoms with Crippen LogP contribution in [0.25, 0.3) is 0 Å². The number of hydrogen-bond acceptors (Lipinski definition) is 6. The molecule has 0 aliphatic rings. The predicted octanol–water partition coefficient (Wildman–Crippen LogP) is 3.46. The van der Waals surface area contributed by atoms with E-state index in [9.17, 15) is 18.0 Å². The van der Waals surface area contributed by atoms with Crippen LogP contribution in [-0.2, 0) is 26.2 Å². The summed E-state index contributed by atoms with van der Waals surface area (Å²) in [5.74, 6) is -0.0820. The van der Waals surface area contributed by atoms with E-state index in [0.29, 0.717) is 5.75 Å². The Kier molecular flexibility index (Phi) is 10.4. The standard InChI is InChI=1S/C25H34ClN3O6S/c1-7-17(2)27-25(31)18(3)28(15-19-9-8-10-21(13-19)34-4)24(30)16-29(36(6,32)33)22-14-20(26)11-12-23(22)35-5/h8-14,17-18H,7,15-16H2,1-6H3,(H,27,31)/t17-,18-/m1/s1. The molecule has 9 nitrogen and oxygen atoms in total. The van der Waals surface area contributed by atoms with Crippen molar-refractivity contribution in [3.63, 3.8) is 0 Å². The molecule has 0 bridgehead atoms. The van der Waals surface area contributed by atoms with Crippen molar-refractivity contribution >= 4 is 39.1 Å². The summed E-state index contributed by atoms with van der Waals surface area (Å²) in [5.41, 5.74) is 0.844. The zero-order valence-electron chi connectivity index (χ0n) is 21.4. The van der Waals surface area contributed by atoms with Crippen LogP contribution in [0.2, 0.25) is 5.02 Å². The molecule has 0 saturated heterocycles. The molecule has 2 rings (SSSR count). The highest BCUT2D eigenvalue weighted by atomic mass is 35.5. The molecule has 11 heteroatoms. The summed E-state index contributed by atoms with van der Waals surface area (Å²) in [5, 5.41) is 3.17. The van der Waals surface area contributed by atoms with E-state index in [-0.39, 0.29) is 35.0 Å². The first-order valence-corrected chi connectivity index (χ1v) is 13.7. The maximum absolute atomic E-state index is 13.7. The third-order valence-electron chi connectivity index (χ3n) is 5.74. The van der Waals surface area contributed by atoms with Crippen molar-refractivity contribution in [2.75, 3.05) is 31.3 Å². The van der Waals surface area contributed by atoms with Gasteiger partial charge in [0, 0.05) is 17.6 Å². The van der Waals surface area contributed by atoms with Crippen LogP contribution < -0.4 is 19.1 Å². The summed E-state index contributed by atoms with van der Waals surface area (Å²) < 4.78 is 37.0. The van der Waals surface area contributed by atoms with Gasteiger partial charge in [-0.3, -0.25) is 13.9 Å². The minimum absolute atomic E-state index is 0.0649. The lowest BCUT2D eigenvalue weighted by molar-refractivity contribution is -0.139. The van der Waals surface area contributed by atoms with Crippen LogP contribution in [0.3, 0.4) is 0 Å². The molecular formula is C25H34ClN3O6S. The SMILES string of the molecule is CC[C@@H](C)NC(=O)[C@@H](C)N(Cc1cccc(OC)c1)C(=O)CN(c1cc(Cl)ccc1OC)S(C)(=O)=O. The molecular weight excluding hydrogens is 506 g/mol. The van der Waals surface area contributed by atoms with Gasteiger partial charge < -0.3 is 19.7 Å². The number of benzene rings is 2. The molecule has 36 heavy (non-hydrogen) atoms. The Morgan fingerprint density at radius 2 is 1.78 bits per heavy atom. The third-order valence-corrected chi connectivity index (χ3v) is 7.11. The van der Waals surface area contributed by atoms with Gasteiger partial charge in [-0.05, 0) is 56.2 Å². The summed E-state index contributed by atoms with van der Waals surface area (Å²) in [6.45, 7) is 4.93. The molecule has 0 heterocycles. The number of amides is 2. The van der Waals surface area contributed by atoms with E-state index in [1.165, 1.54) is 31.3 Å². The van der Waals surface area contributed by atoms with Crippen molar-refractivity contribution in [3.05, 3.63) is 53.1 Å². The largest absolute Gasteiger partial charge is 0.497 e. The Hall–Kier alpha value is -2.98. The number of halogens is 1. The fraction of sp³-hybridized carbons (Fsp3) is 0.440. The van der Waals surface area contributed by atoms with Crippen molar-refractivity contribution in [1.29, 1.82) is 0 Å². The molecule has 1 N–H and O–H groups in total. The van der Waals surface area contributed by atoms with Crippen LogP contribution in [0.1, 0.15) is 32.8 Å². The lowest BCUT2D eigenvalue weighted by Gasteiger charge is -2.32. The molecule has 0 fully saturated rings. The van der Waals surface area contributed by atoms with Crippen LogP contribution >= 0.6 is 11.6 Å². The van der Waals surface area contributed by atoms with E-state index >= 15 is 0 Å². The van der Waals surface area contributed by atoms with Gasteiger partial charge in [-0.1, -0.05) is 30.7 Å². The van der Waals surface area contributed by atoms with Gasteiger partial charge in [-0.15, -0.1) is 0 Å². The Morgan fingerprint density at radius 1 is 1.08 bits per heavy atom. The van der Waals surface area contributed by atoms with E-state index in [2.05, 4.69) is 5.32 Å². The number of rotatable bonds is 12. The first-order chi connectivity index (χ1) is 16.9. The zero-order chi connectivity index (χ0) is 27.0. The highest BCUT2D eigenvalue weighted by molar-refractivity contribution is 7.92. The van der Waals surface area contributed by atoms with Crippen molar-refractivity contribution in [3.8, 4) is 11.5 Å². The molecule has 0 radical (unpaired) electrons. The Bertz CT molecular complexity index is 1170. The van der Waals surface area contributed by atoms with E-state index in [0.717, 1.165) is 22.5 Å². The maximum Gasteiger partial charge on any atom is 0.244 e. The zero-order valence-corrected chi connectivity index (χ0v) is 23.0. The highest BCUT2D eigenvalue weighted by Crippen LogP contribution is 2.33. The van der Waals surface area contributed by atoms with Gasteiger partial charge in [0.1, 0.15) is 24.1 Å². The number of ether oxygens (including phenoxy) is 2. The Morgan fingerprint density at radius 3 is 2.36 bits per heavy atom. The molecule has 2 aromatic carbocycles. The van der Waals surface area contributed by atoms with Crippen molar-refractivity contribution in [1.82, 2.24) is 10.2 Å². The second-order valence-electron chi connectivity index (χ2n) is 8.45. The molecule has 198 valence electrons. The average molecular weight is 540 g/mol. The maximum atomic E-state index is 13.7. The second kappa shape index (κ2) is 12.8. The monoisotopic (exact) mass is 539 g/mol. The van der Waals surface area contributed by atoms with Crippen LogP contribution in [-0.4, -0.2) is 64.2 Å². The van der Waals surface area contributed by atoms with E-state index < -0.39 is 28.5 Å². The minimum atomic E-state index is -3.92. The Balaban J connectivity index is 2.47. The van der Waals surface area contributed by atoms with Gasteiger partial charge in [-0.2, -0.15) is 0 Å². The van der Waals surface area contributed by atoms with Crippen molar-refractivity contribution in [2.24, 2.45) is 0 Å². The minimum Gasteiger partial charge on any atom is -0.497 e. The molecule has 0 spiro atoms. The van der Waals surface area contributed by atoms with Gasteiger partial charge in [-0.25, -0.2) is 8.42 Å². The molecule has 0 saturated carbocycles. The van der Waals surface area contributed by atoms with Gasteiger partial charge in [0.05, 0.1) is 26.2 Å². The summed E-state index contributed by atoms with van der Waals surface area (Å²) in [4.78, 5) is 28.0. The quantitative estimate of drug-likeness (QED) is 0.443. The van der Waals surface area contributed by atoms with Crippen LogP contribution in [0.15, 0.2) is 42.5 Å². The van der Waals surface area contributed by atoms with Crippen LogP contribution in [0, 0.1) is 0 Å². The van der Waals surface area contributed by atoms with E-state index in [1.807, 2.05) is 13.8 Å². The van der Waals surface area contributed by atoms with Gasteiger partial charge in [0.25, 0.3) is 0 Å². The molecule has 2 amide bonds. The van der Waals surface area contributed by atoms with Crippen molar-refractivity contribution < 1.29 is 27.5 Å². The molecule has 0 aliphatic carbocycles. The normalized spacial score (nSPS) is 12.9. The molecule has 2 aromatic rings. The molecule has 0 aliphatic heterocycles. The smallest absolute Gasteiger partial charge is 0.244 e. The second-order valence-corrected chi connectivity index (χ2v) is 10.8. The number of nitrogens with one attached hydrogen (secondary N) is 1. The number of anilines is 1. The predicted molar refractivity (Wildman–Crippen MR) is 141 cm³/mol. The van der Waals surface area contributed by atoms with Gasteiger partial charge >= 0.3 is 0 Å².